The standard InChI is InChI=1S/C23H21ClN4O/c1-15-2-3-16-4-5-17-14-20(26-22(17)21(16)25-15)23(29)28-12-10-27(11-13-28)19-8-6-18(24)7-9-19/h2-9,14,25H,10-13H2,1H3. The molecule has 6 heteroatoms. The van der Waals surface area contributed by atoms with Crippen molar-refractivity contribution in [2.45, 2.75) is 6.92 Å². The van der Waals surface area contributed by atoms with Crippen LogP contribution >= 0.6 is 11.6 Å². The molecule has 146 valence electrons. The van der Waals surface area contributed by atoms with Crippen LogP contribution in [0.5, 0.6) is 0 Å². The van der Waals surface area contributed by atoms with Gasteiger partial charge in [0.05, 0.1) is 11.0 Å². The molecule has 2 aromatic heterocycles. The van der Waals surface area contributed by atoms with Crippen molar-refractivity contribution >= 4 is 45.0 Å². The number of H-pyrrole nitrogens is 1. The lowest BCUT2D eigenvalue weighted by Crippen LogP contribution is -2.48. The minimum atomic E-state index is -0.00207. The second kappa shape index (κ2) is 7.08. The van der Waals surface area contributed by atoms with Gasteiger partial charge in [0.15, 0.2) is 0 Å². The zero-order chi connectivity index (χ0) is 20.0. The predicted octanol–water partition coefficient (Wildman–Crippen LogP) is 4.64. The number of anilines is 1. The first-order chi connectivity index (χ1) is 14.1. The monoisotopic (exact) mass is 404 g/mol. The van der Waals surface area contributed by atoms with Gasteiger partial charge in [-0.1, -0.05) is 29.8 Å². The number of aromatic nitrogens is 2. The van der Waals surface area contributed by atoms with E-state index in [4.69, 9.17) is 16.6 Å². The van der Waals surface area contributed by atoms with Gasteiger partial charge in [0.1, 0.15) is 5.69 Å². The average Bonchev–Trinajstić information content (AvgIpc) is 3.19. The highest BCUT2D eigenvalue weighted by atomic mass is 35.5. The van der Waals surface area contributed by atoms with Crippen molar-refractivity contribution in [3.8, 4) is 0 Å². The van der Waals surface area contributed by atoms with Gasteiger partial charge in [-0.3, -0.25) is 4.79 Å². The van der Waals surface area contributed by atoms with Crippen LogP contribution in [0.15, 0.2) is 54.6 Å². The van der Waals surface area contributed by atoms with E-state index in [-0.39, 0.29) is 5.91 Å². The first-order valence-electron chi connectivity index (χ1n) is 9.77. The predicted molar refractivity (Wildman–Crippen MR) is 118 cm³/mol. The van der Waals surface area contributed by atoms with Crippen LogP contribution in [0.1, 0.15) is 16.2 Å². The summed E-state index contributed by atoms with van der Waals surface area (Å²) in [4.78, 5) is 25.3. The Kier molecular flexibility index (Phi) is 4.40. The van der Waals surface area contributed by atoms with Gasteiger partial charge < -0.3 is 14.8 Å². The number of benzene rings is 2. The molecule has 0 radical (unpaired) electrons. The van der Waals surface area contributed by atoms with Gasteiger partial charge in [-0.15, -0.1) is 0 Å². The zero-order valence-electron chi connectivity index (χ0n) is 16.2. The lowest BCUT2D eigenvalue weighted by atomic mass is 10.1. The number of halogens is 1. The van der Waals surface area contributed by atoms with E-state index in [0.717, 1.165) is 51.3 Å². The summed E-state index contributed by atoms with van der Waals surface area (Å²) in [5.74, 6) is -0.00207. The largest absolute Gasteiger partial charge is 0.368 e. The summed E-state index contributed by atoms with van der Waals surface area (Å²) in [6.07, 6.45) is 0. The van der Waals surface area contributed by atoms with Gasteiger partial charge in [0.25, 0.3) is 5.91 Å². The molecule has 0 atom stereocenters. The number of piperazine rings is 1. The Hall–Kier alpha value is -3.05. The van der Waals surface area contributed by atoms with Crippen LogP contribution < -0.4 is 4.90 Å². The summed E-state index contributed by atoms with van der Waals surface area (Å²) in [6, 6.07) is 18.0. The number of pyridine rings is 1. The van der Waals surface area contributed by atoms with E-state index in [2.05, 4.69) is 22.0 Å². The molecule has 3 heterocycles. The maximum atomic E-state index is 13.1. The van der Waals surface area contributed by atoms with E-state index in [0.29, 0.717) is 18.8 Å². The van der Waals surface area contributed by atoms with Gasteiger partial charge in [-0.05, 0) is 43.3 Å². The molecule has 0 saturated carbocycles. The maximum Gasteiger partial charge on any atom is 0.272 e. The topological polar surface area (TPSA) is 52.2 Å². The number of hydrogen-bond donors (Lipinski definition) is 1. The Morgan fingerprint density at radius 3 is 2.41 bits per heavy atom. The Morgan fingerprint density at radius 1 is 0.966 bits per heavy atom. The summed E-state index contributed by atoms with van der Waals surface area (Å²) in [5.41, 5.74) is 4.56. The molecule has 0 bridgehead atoms. The molecule has 29 heavy (non-hydrogen) atoms. The third kappa shape index (κ3) is 3.32. The Morgan fingerprint density at radius 2 is 1.66 bits per heavy atom. The zero-order valence-corrected chi connectivity index (χ0v) is 16.9. The van der Waals surface area contributed by atoms with Crippen LogP contribution in [0.4, 0.5) is 5.69 Å². The van der Waals surface area contributed by atoms with Crippen molar-refractivity contribution < 1.29 is 4.79 Å². The van der Waals surface area contributed by atoms with Gasteiger partial charge in [0.2, 0.25) is 0 Å². The van der Waals surface area contributed by atoms with E-state index >= 15 is 0 Å². The number of rotatable bonds is 2. The Labute approximate surface area is 173 Å². The molecule has 0 aliphatic carbocycles. The molecular weight excluding hydrogens is 384 g/mol. The van der Waals surface area contributed by atoms with Crippen LogP contribution in [0, 0.1) is 6.92 Å². The van der Waals surface area contributed by atoms with Crippen LogP contribution in [-0.2, 0) is 0 Å². The number of aromatic amines is 1. The Bertz CT molecular complexity index is 1210. The molecule has 1 aliphatic heterocycles. The highest BCUT2D eigenvalue weighted by Crippen LogP contribution is 2.26. The highest BCUT2D eigenvalue weighted by Gasteiger charge is 2.24. The number of hydrogen-bond acceptors (Lipinski definition) is 3. The SMILES string of the molecule is Cc1ccc2ccc3cc(C(=O)N4CCN(c5ccc(Cl)cc5)CC4)nc3c2[nH]1. The highest BCUT2D eigenvalue weighted by molar-refractivity contribution is 6.30. The molecule has 1 N–H and O–H groups in total. The summed E-state index contributed by atoms with van der Waals surface area (Å²) in [5, 5.41) is 2.82. The summed E-state index contributed by atoms with van der Waals surface area (Å²) in [7, 11) is 0. The van der Waals surface area contributed by atoms with Crippen molar-refractivity contribution in [3.05, 3.63) is 71.0 Å². The van der Waals surface area contributed by atoms with Crippen molar-refractivity contribution in [1.82, 2.24) is 14.9 Å². The number of nitrogens with zero attached hydrogens (tertiary/aromatic N) is 3. The minimum absolute atomic E-state index is 0.00207. The fraction of sp³-hybridized carbons (Fsp3) is 0.217. The molecule has 5 nitrogen and oxygen atoms in total. The molecule has 1 saturated heterocycles. The van der Waals surface area contributed by atoms with E-state index in [1.807, 2.05) is 54.3 Å². The van der Waals surface area contributed by atoms with Crippen LogP contribution in [0.3, 0.4) is 0 Å². The molecule has 1 fully saturated rings. The molecule has 0 spiro atoms. The van der Waals surface area contributed by atoms with E-state index < -0.39 is 0 Å². The number of aryl methyl sites for hydroxylation is 1. The van der Waals surface area contributed by atoms with Gasteiger partial charge in [-0.25, -0.2) is 4.98 Å². The van der Waals surface area contributed by atoms with Crippen molar-refractivity contribution in [2.75, 3.05) is 31.1 Å². The number of carbonyl (C=O) groups excluding carboxylic acids is 1. The van der Waals surface area contributed by atoms with E-state index in [1.54, 1.807) is 0 Å². The maximum absolute atomic E-state index is 13.1. The molecule has 1 aliphatic rings. The summed E-state index contributed by atoms with van der Waals surface area (Å²) >= 11 is 5.98. The second-order valence-electron chi connectivity index (χ2n) is 7.51. The minimum Gasteiger partial charge on any atom is -0.368 e. The van der Waals surface area contributed by atoms with Gasteiger partial charge >= 0.3 is 0 Å². The van der Waals surface area contributed by atoms with Crippen LogP contribution in [-0.4, -0.2) is 47.0 Å². The first-order valence-corrected chi connectivity index (χ1v) is 10.2. The first kappa shape index (κ1) is 18.0. The quantitative estimate of drug-likeness (QED) is 0.529. The molecule has 0 unspecified atom stereocenters. The molecule has 2 aromatic carbocycles. The smallest absolute Gasteiger partial charge is 0.272 e. The average molecular weight is 405 g/mol. The van der Waals surface area contributed by atoms with Gasteiger partial charge in [-0.2, -0.15) is 0 Å². The summed E-state index contributed by atoms with van der Waals surface area (Å²) < 4.78 is 0. The number of fused-ring (bicyclic) bond motifs is 3. The molecule has 4 aromatic rings. The fourth-order valence-electron chi connectivity index (χ4n) is 3.97. The molecule has 5 rings (SSSR count). The third-order valence-corrected chi connectivity index (χ3v) is 5.83. The van der Waals surface area contributed by atoms with Crippen LogP contribution in [0.25, 0.3) is 21.8 Å². The lowest BCUT2D eigenvalue weighted by molar-refractivity contribution is 0.0742. The normalized spacial score (nSPS) is 14.7. The summed E-state index contributed by atoms with van der Waals surface area (Å²) in [6.45, 7) is 4.97. The van der Waals surface area contributed by atoms with E-state index in [9.17, 15) is 4.79 Å². The third-order valence-electron chi connectivity index (χ3n) is 5.58. The molecule has 1 amide bonds. The van der Waals surface area contributed by atoms with Gasteiger partial charge in [0, 0.05) is 53.4 Å². The second-order valence-corrected chi connectivity index (χ2v) is 7.94. The lowest BCUT2D eigenvalue weighted by Gasteiger charge is -2.35. The van der Waals surface area contributed by atoms with Crippen LogP contribution in [0.2, 0.25) is 5.02 Å². The van der Waals surface area contributed by atoms with Crippen molar-refractivity contribution in [2.24, 2.45) is 0 Å². The van der Waals surface area contributed by atoms with Crippen molar-refractivity contribution in [1.29, 1.82) is 0 Å². The molecular formula is C23H21ClN4O. The Balaban J connectivity index is 1.37. The number of carbonyl (C=O) groups is 1. The fourth-order valence-corrected chi connectivity index (χ4v) is 4.10. The number of amides is 1. The van der Waals surface area contributed by atoms with E-state index in [1.165, 1.54) is 0 Å². The van der Waals surface area contributed by atoms with Crippen molar-refractivity contribution in [3.63, 3.8) is 0 Å². The number of nitrogens with one attached hydrogen (secondary N) is 1.